The van der Waals surface area contributed by atoms with Gasteiger partial charge in [0.15, 0.2) is 5.65 Å². The zero-order valence-electron chi connectivity index (χ0n) is 13.9. The maximum Gasteiger partial charge on any atom is 0.155 e. The maximum atomic E-state index is 9.37. The van der Waals surface area contributed by atoms with Crippen molar-refractivity contribution in [1.29, 1.82) is 5.26 Å². The van der Waals surface area contributed by atoms with Gasteiger partial charge in [-0.2, -0.15) is 10.4 Å². The number of nitriles is 1. The number of nitrogens with zero attached hydrogens (tertiary/aromatic N) is 8. The Kier molecular flexibility index (Phi) is 3.99. The second-order valence-electron chi connectivity index (χ2n) is 5.73. The minimum atomic E-state index is -0.217. The molecule has 0 radical (unpaired) electrons. The summed E-state index contributed by atoms with van der Waals surface area (Å²) in [6.07, 6.45) is 4.84. The second kappa shape index (κ2) is 6.60. The maximum absolute atomic E-state index is 9.37. The Morgan fingerprint density at radius 3 is 3.00 bits per heavy atom. The molecule has 3 aromatic heterocycles. The van der Waals surface area contributed by atoms with Crippen LogP contribution in [-0.4, -0.2) is 40.9 Å². The van der Waals surface area contributed by atoms with Crippen LogP contribution in [0.5, 0.6) is 5.75 Å². The van der Waals surface area contributed by atoms with Crippen LogP contribution in [0.25, 0.3) is 16.9 Å². The summed E-state index contributed by atoms with van der Waals surface area (Å²) in [7, 11) is 0. The predicted octanol–water partition coefficient (Wildman–Crippen LogP) is 1.72. The van der Waals surface area contributed by atoms with Crippen molar-refractivity contribution in [2.45, 2.75) is 19.6 Å². The lowest BCUT2D eigenvalue weighted by Gasteiger charge is -2.16. The largest absolute Gasteiger partial charge is 0.487 e. The van der Waals surface area contributed by atoms with Crippen molar-refractivity contribution in [2.24, 2.45) is 0 Å². The quantitative estimate of drug-likeness (QED) is 0.541. The molecule has 9 heteroatoms. The van der Waals surface area contributed by atoms with Crippen LogP contribution in [0.15, 0.2) is 49.1 Å². The first-order valence-corrected chi connectivity index (χ1v) is 7.95. The van der Waals surface area contributed by atoms with Gasteiger partial charge in [0.05, 0.1) is 24.0 Å². The van der Waals surface area contributed by atoms with E-state index in [1.807, 2.05) is 37.4 Å². The Bertz CT molecular complexity index is 1080. The fourth-order valence-electron chi connectivity index (χ4n) is 2.63. The van der Waals surface area contributed by atoms with Crippen molar-refractivity contribution in [2.75, 3.05) is 0 Å². The van der Waals surface area contributed by atoms with Crippen LogP contribution >= 0.6 is 0 Å². The number of hydrogen-bond acceptors (Lipinski definition) is 7. The van der Waals surface area contributed by atoms with Gasteiger partial charge in [0.2, 0.25) is 0 Å². The average Bonchev–Trinajstić information content (AvgIpc) is 3.32. The van der Waals surface area contributed by atoms with Gasteiger partial charge < -0.3 is 4.74 Å². The minimum Gasteiger partial charge on any atom is -0.487 e. The van der Waals surface area contributed by atoms with E-state index in [1.165, 1.54) is 6.33 Å². The van der Waals surface area contributed by atoms with E-state index < -0.39 is 0 Å². The van der Waals surface area contributed by atoms with Crippen molar-refractivity contribution >= 4 is 5.65 Å². The summed E-state index contributed by atoms with van der Waals surface area (Å²) in [5.41, 5.74) is 2.85. The number of tetrazole rings is 1. The van der Waals surface area contributed by atoms with Gasteiger partial charge >= 0.3 is 0 Å². The Morgan fingerprint density at radius 2 is 2.19 bits per heavy atom. The fourth-order valence-corrected chi connectivity index (χ4v) is 2.63. The summed E-state index contributed by atoms with van der Waals surface area (Å²) in [4.78, 5) is 4.57. The lowest BCUT2D eigenvalue weighted by molar-refractivity contribution is 0.192. The molecule has 0 spiro atoms. The molecule has 26 heavy (non-hydrogen) atoms. The van der Waals surface area contributed by atoms with Crippen LogP contribution in [0.2, 0.25) is 0 Å². The molecule has 0 saturated carbocycles. The summed E-state index contributed by atoms with van der Waals surface area (Å²) in [5, 5.41) is 24.5. The Morgan fingerprint density at radius 1 is 1.27 bits per heavy atom. The number of fused-ring (bicyclic) bond motifs is 1. The monoisotopic (exact) mass is 346 g/mol. The van der Waals surface area contributed by atoms with E-state index in [9.17, 15) is 5.26 Å². The first kappa shape index (κ1) is 15.7. The predicted molar refractivity (Wildman–Crippen MR) is 91.0 cm³/mol. The summed E-state index contributed by atoms with van der Waals surface area (Å²) >= 11 is 0. The second-order valence-corrected chi connectivity index (χ2v) is 5.73. The summed E-state index contributed by atoms with van der Waals surface area (Å²) in [6.45, 7) is 2.37. The van der Waals surface area contributed by atoms with Crippen molar-refractivity contribution in [3.05, 3.63) is 54.6 Å². The van der Waals surface area contributed by atoms with E-state index in [0.717, 1.165) is 16.9 Å². The standard InChI is InChI=1S/C17H14N8O/c1-12(10-24-11-19-22-23-24)26-16-8-13(2-3-14(16)9-18)15-5-7-25-17(21-15)4-6-20-25/h2-8,11-12H,10H2,1H3. The molecular formula is C17H14N8O. The fraction of sp³-hybridized carbons (Fsp3) is 0.176. The third kappa shape index (κ3) is 3.08. The minimum absolute atomic E-state index is 0.217. The Labute approximate surface area is 148 Å². The van der Waals surface area contributed by atoms with Gasteiger partial charge in [-0.15, -0.1) is 5.10 Å². The van der Waals surface area contributed by atoms with Gasteiger partial charge in [-0.25, -0.2) is 14.2 Å². The third-order valence-corrected chi connectivity index (χ3v) is 3.82. The molecule has 9 nitrogen and oxygen atoms in total. The van der Waals surface area contributed by atoms with E-state index in [2.05, 4.69) is 31.7 Å². The van der Waals surface area contributed by atoms with E-state index in [0.29, 0.717) is 17.9 Å². The van der Waals surface area contributed by atoms with Crippen molar-refractivity contribution in [1.82, 2.24) is 34.8 Å². The van der Waals surface area contributed by atoms with Crippen LogP contribution < -0.4 is 4.74 Å². The highest BCUT2D eigenvalue weighted by Crippen LogP contribution is 2.27. The molecule has 0 aliphatic carbocycles. The normalized spacial score (nSPS) is 12.0. The molecule has 0 aliphatic rings. The Balaban J connectivity index is 1.63. The van der Waals surface area contributed by atoms with E-state index in [1.54, 1.807) is 21.5 Å². The van der Waals surface area contributed by atoms with E-state index >= 15 is 0 Å². The van der Waals surface area contributed by atoms with Gasteiger partial charge in [-0.05, 0) is 35.5 Å². The summed E-state index contributed by atoms with van der Waals surface area (Å²) in [5.74, 6) is 0.501. The van der Waals surface area contributed by atoms with Crippen LogP contribution in [0.4, 0.5) is 0 Å². The first-order valence-electron chi connectivity index (χ1n) is 7.95. The zero-order chi connectivity index (χ0) is 17.9. The SMILES string of the molecule is CC(Cn1cnnn1)Oc1cc(-c2ccn3nccc3n2)ccc1C#N. The molecule has 0 amide bonds. The van der Waals surface area contributed by atoms with Crippen LogP contribution in [0, 0.1) is 11.3 Å². The van der Waals surface area contributed by atoms with Gasteiger partial charge in [0, 0.05) is 17.8 Å². The van der Waals surface area contributed by atoms with Gasteiger partial charge in [-0.3, -0.25) is 0 Å². The smallest absolute Gasteiger partial charge is 0.155 e. The average molecular weight is 346 g/mol. The van der Waals surface area contributed by atoms with Crippen molar-refractivity contribution in [3.8, 4) is 23.1 Å². The summed E-state index contributed by atoms with van der Waals surface area (Å²) < 4.78 is 9.23. The van der Waals surface area contributed by atoms with Crippen molar-refractivity contribution < 1.29 is 4.74 Å². The molecule has 4 aromatic rings. The van der Waals surface area contributed by atoms with Gasteiger partial charge in [0.1, 0.15) is 24.3 Å². The number of benzene rings is 1. The number of hydrogen-bond donors (Lipinski definition) is 0. The Hall–Kier alpha value is -3.80. The molecule has 0 fully saturated rings. The van der Waals surface area contributed by atoms with Gasteiger partial charge in [-0.1, -0.05) is 6.07 Å². The number of ether oxygens (including phenoxy) is 1. The van der Waals surface area contributed by atoms with Crippen molar-refractivity contribution in [3.63, 3.8) is 0 Å². The highest BCUT2D eigenvalue weighted by Gasteiger charge is 2.12. The third-order valence-electron chi connectivity index (χ3n) is 3.82. The molecule has 3 heterocycles. The summed E-state index contributed by atoms with van der Waals surface area (Å²) in [6, 6.07) is 11.3. The molecule has 4 rings (SSSR count). The van der Waals surface area contributed by atoms with Crippen LogP contribution in [0.1, 0.15) is 12.5 Å². The molecule has 1 aromatic carbocycles. The van der Waals surface area contributed by atoms with Crippen LogP contribution in [0.3, 0.4) is 0 Å². The molecular weight excluding hydrogens is 332 g/mol. The van der Waals surface area contributed by atoms with E-state index in [4.69, 9.17) is 4.74 Å². The molecule has 128 valence electrons. The van der Waals surface area contributed by atoms with Crippen LogP contribution in [-0.2, 0) is 6.54 Å². The zero-order valence-corrected chi connectivity index (χ0v) is 13.9. The van der Waals surface area contributed by atoms with E-state index in [-0.39, 0.29) is 6.10 Å². The molecule has 0 saturated heterocycles. The number of aromatic nitrogens is 7. The van der Waals surface area contributed by atoms with Gasteiger partial charge in [0.25, 0.3) is 0 Å². The highest BCUT2D eigenvalue weighted by atomic mass is 16.5. The highest BCUT2D eigenvalue weighted by molar-refractivity contribution is 5.65. The first-order chi connectivity index (χ1) is 12.7. The molecule has 0 bridgehead atoms. The molecule has 1 atom stereocenters. The lowest BCUT2D eigenvalue weighted by Crippen LogP contribution is -2.20. The molecule has 0 N–H and O–H groups in total. The molecule has 1 unspecified atom stereocenters. The topological polar surface area (TPSA) is 107 Å². The molecule has 0 aliphatic heterocycles. The lowest BCUT2D eigenvalue weighted by atomic mass is 10.1. The number of rotatable bonds is 5.